The standard InChI is InChI=1S/C13H28N2O2/c1-4-12(5-2)15(6-7-16-3)8-11-9-17-10-13(11)14/h11-13H,4-10,14H2,1-3H3. The number of nitrogens with two attached hydrogens (primary N) is 1. The van der Waals surface area contributed by atoms with E-state index in [1.165, 1.54) is 12.8 Å². The molecule has 4 heteroatoms. The largest absolute Gasteiger partial charge is 0.383 e. The van der Waals surface area contributed by atoms with Gasteiger partial charge in [-0.3, -0.25) is 4.90 Å². The molecule has 1 saturated heterocycles. The highest BCUT2D eigenvalue weighted by Crippen LogP contribution is 2.17. The molecular weight excluding hydrogens is 216 g/mol. The second-order valence-electron chi connectivity index (χ2n) is 4.92. The molecule has 0 bridgehead atoms. The number of nitrogens with zero attached hydrogens (tertiary/aromatic N) is 1. The predicted molar refractivity (Wildman–Crippen MR) is 70.1 cm³/mol. The molecule has 2 atom stereocenters. The normalized spacial score (nSPS) is 25.1. The van der Waals surface area contributed by atoms with E-state index < -0.39 is 0 Å². The Balaban J connectivity index is 2.49. The van der Waals surface area contributed by atoms with Gasteiger partial charge < -0.3 is 15.2 Å². The highest BCUT2D eigenvalue weighted by Gasteiger charge is 2.28. The molecule has 0 aliphatic carbocycles. The van der Waals surface area contributed by atoms with Gasteiger partial charge in [-0.15, -0.1) is 0 Å². The third-order valence-corrected chi connectivity index (χ3v) is 3.76. The van der Waals surface area contributed by atoms with Gasteiger partial charge in [0, 0.05) is 38.2 Å². The molecular formula is C13H28N2O2. The topological polar surface area (TPSA) is 47.7 Å². The third kappa shape index (κ3) is 4.54. The van der Waals surface area contributed by atoms with Gasteiger partial charge in [-0.25, -0.2) is 0 Å². The minimum atomic E-state index is 0.203. The lowest BCUT2D eigenvalue weighted by Gasteiger charge is -2.33. The SMILES string of the molecule is CCC(CC)N(CCOC)CC1COCC1N. The molecule has 1 heterocycles. The molecule has 1 fully saturated rings. The average molecular weight is 244 g/mol. The van der Waals surface area contributed by atoms with Gasteiger partial charge in [0.1, 0.15) is 0 Å². The van der Waals surface area contributed by atoms with Gasteiger partial charge in [-0.1, -0.05) is 13.8 Å². The lowest BCUT2D eigenvalue weighted by Crippen LogP contribution is -2.44. The maximum atomic E-state index is 6.06. The molecule has 0 amide bonds. The van der Waals surface area contributed by atoms with Crippen molar-refractivity contribution in [1.29, 1.82) is 0 Å². The minimum absolute atomic E-state index is 0.203. The summed E-state index contributed by atoms with van der Waals surface area (Å²) in [5, 5.41) is 0. The summed E-state index contributed by atoms with van der Waals surface area (Å²) < 4.78 is 10.6. The Morgan fingerprint density at radius 2 is 2.06 bits per heavy atom. The van der Waals surface area contributed by atoms with Crippen LogP contribution in [0.15, 0.2) is 0 Å². The van der Waals surface area contributed by atoms with Crippen LogP contribution in [-0.2, 0) is 9.47 Å². The first kappa shape index (κ1) is 14.9. The molecule has 0 aromatic carbocycles. The van der Waals surface area contributed by atoms with Crippen molar-refractivity contribution in [3.63, 3.8) is 0 Å². The lowest BCUT2D eigenvalue weighted by atomic mass is 10.0. The van der Waals surface area contributed by atoms with E-state index in [1.54, 1.807) is 7.11 Å². The van der Waals surface area contributed by atoms with E-state index in [4.69, 9.17) is 15.2 Å². The second kappa shape index (κ2) is 8.03. The number of rotatable bonds is 8. The van der Waals surface area contributed by atoms with Gasteiger partial charge in [0.25, 0.3) is 0 Å². The summed E-state index contributed by atoms with van der Waals surface area (Å²) in [6, 6.07) is 0.840. The highest BCUT2D eigenvalue weighted by molar-refractivity contribution is 4.82. The molecule has 1 aliphatic rings. The number of ether oxygens (including phenoxy) is 2. The van der Waals surface area contributed by atoms with Crippen molar-refractivity contribution in [3.05, 3.63) is 0 Å². The van der Waals surface area contributed by atoms with Crippen molar-refractivity contribution in [1.82, 2.24) is 4.90 Å². The minimum Gasteiger partial charge on any atom is -0.383 e. The first-order chi connectivity index (χ1) is 8.22. The summed E-state index contributed by atoms with van der Waals surface area (Å²) in [6.45, 7) is 8.84. The van der Waals surface area contributed by atoms with Crippen molar-refractivity contribution in [3.8, 4) is 0 Å². The second-order valence-corrected chi connectivity index (χ2v) is 4.92. The Bertz CT molecular complexity index is 198. The zero-order valence-corrected chi connectivity index (χ0v) is 11.5. The van der Waals surface area contributed by atoms with Crippen LogP contribution in [0.2, 0.25) is 0 Å². The maximum absolute atomic E-state index is 6.06. The molecule has 0 radical (unpaired) electrons. The molecule has 1 rings (SSSR count). The van der Waals surface area contributed by atoms with E-state index in [9.17, 15) is 0 Å². The fourth-order valence-electron chi connectivity index (χ4n) is 2.54. The van der Waals surface area contributed by atoms with Gasteiger partial charge >= 0.3 is 0 Å². The molecule has 102 valence electrons. The Kier molecular flexibility index (Phi) is 7.04. The summed E-state index contributed by atoms with van der Waals surface area (Å²) in [5.74, 6) is 0.479. The van der Waals surface area contributed by atoms with E-state index >= 15 is 0 Å². The van der Waals surface area contributed by atoms with Gasteiger partial charge in [-0.2, -0.15) is 0 Å². The van der Waals surface area contributed by atoms with Gasteiger partial charge in [-0.05, 0) is 12.8 Å². The van der Waals surface area contributed by atoms with E-state index in [2.05, 4.69) is 18.7 Å². The van der Waals surface area contributed by atoms with E-state index in [1.807, 2.05) is 0 Å². The van der Waals surface area contributed by atoms with Crippen LogP contribution in [0.3, 0.4) is 0 Å². The first-order valence-electron chi connectivity index (χ1n) is 6.79. The smallest absolute Gasteiger partial charge is 0.0621 e. The summed E-state index contributed by atoms with van der Waals surface area (Å²) in [6.07, 6.45) is 2.37. The molecule has 17 heavy (non-hydrogen) atoms. The number of methoxy groups -OCH3 is 1. The summed E-state index contributed by atoms with van der Waals surface area (Å²) in [5.41, 5.74) is 6.06. The van der Waals surface area contributed by atoms with Crippen LogP contribution >= 0.6 is 0 Å². The Hall–Kier alpha value is -0.160. The summed E-state index contributed by atoms with van der Waals surface area (Å²) in [7, 11) is 1.76. The van der Waals surface area contributed by atoms with Crippen LogP contribution in [0.25, 0.3) is 0 Å². The fourth-order valence-corrected chi connectivity index (χ4v) is 2.54. The van der Waals surface area contributed by atoms with Crippen LogP contribution in [0.1, 0.15) is 26.7 Å². The number of hydrogen-bond acceptors (Lipinski definition) is 4. The Morgan fingerprint density at radius 1 is 1.35 bits per heavy atom. The van der Waals surface area contributed by atoms with Gasteiger partial charge in [0.15, 0.2) is 0 Å². The summed E-state index contributed by atoms with van der Waals surface area (Å²) in [4.78, 5) is 2.52. The predicted octanol–water partition coefficient (Wildman–Crippen LogP) is 1.10. The molecule has 0 saturated carbocycles. The van der Waals surface area contributed by atoms with Crippen LogP contribution in [0.4, 0.5) is 0 Å². The molecule has 0 aromatic rings. The van der Waals surface area contributed by atoms with Gasteiger partial charge in [0.2, 0.25) is 0 Å². The Labute approximate surface area is 105 Å². The van der Waals surface area contributed by atoms with Crippen molar-refractivity contribution in [2.75, 3.05) is 40.0 Å². The van der Waals surface area contributed by atoms with E-state index in [0.29, 0.717) is 18.6 Å². The first-order valence-corrected chi connectivity index (χ1v) is 6.79. The van der Waals surface area contributed by atoms with Crippen molar-refractivity contribution in [2.24, 2.45) is 11.7 Å². The van der Waals surface area contributed by atoms with Gasteiger partial charge in [0.05, 0.1) is 19.8 Å². The lowest BCUT2D eigenvalue weighted by molar-refractivity contribution is 0.0951. The summed E-state index contributed by atoms with van der Waals surface area (Å²) >= 11 is 0. The zero-order valence-electron chi connectivity index (χ0n) is 11.5. The zero-order chi connectivity index (χ0) is 12.7. The molecule has 2 unspecified atom stereocenters. The Morgan fingerprint density at radius 3 is 2.53 bits per heavy atom. The highest BCUT2D eigenvalue weighted by atomic mass is 16.5. The van der Waals surface area contributed by atoms with Crippen molar-refractivity contribution < 1.29 is 9.47 Å². The molecule has 0 aromatic heterocycles. The molecule has 0 spiro atoms. The van der Waals surface area contributed by atoms with Crippen LogP contribution in [0.5, 0.6) is 0 Å². The van der Waals surface area contributed by atoms with Crippen LogP contribution in [-0.4, -0.2) is 57.0 Å². The van der Waals surface area contributed by atoms with Crippen molar-refractivity contribution >= 4 is 0 Å². The quantitative estimate of drug-likeness (QED) is 0.694. The van der Waals surface area contributed by atoms with Crippen molar-refractivity contribution in [2.45, 2.75) is 38.8 Å². The van der Waals surface area contributed by atoms with E-state index in [0.717, 1.165) is 26.3 Å². The third-order valence-electron chi connectivity index (χ3n) is 3.76. The monoisotopic (exact) mass is 244 g/mol. The molecule has 1 aliphatic heterocycles. The maximum Gasteiger partial charge on any atom is 0.0621 e. The molecule has 4 nitrogen and oxygen atoms in total. The number of hydrogen-bond donors (Lipinski definition) is 1. The van der Waals surface area contributed by atoms with Crippen LogP contribution in [0, 0.1) is 5.92 Å². The average Bonchev–Trinajstić information content (AvgIpc) is 2.73. The fraction of sp³-hybridized carbons (Fsp3) is 1.00. The van der Waals surface area contributed by atoms with E-state index in [-0.39, 0.29) is 6.04 Å². The molecule has 2 N–H and O–H groups in total. The van der Waals surface area contributed by atoms with Crippen LogP contribution < -0.4 is 5.73 Å².